The predicted octanol–water partition coefficient (Wildman–Crippen LogP) is 1.56. The van der Waals surface area contributed by atoms with Gasteiger partial charge in [0, 0.05) is 0 Å². The van der Waals surface area contributed by atoms with E-state index in [0.29, 0.717) is 17.3 Å². The fourth-order valence-corrected chi connectivity index (χ4v) is 1.23. The van der Waals surface area contributed by atoms with Crippen molar-refractivity contribution in [3.63, 3.8) is 0 Å². The lowest BCUT2D eigenvalue weighted by Crippen LogP contribution is -2.09. The Morgan fingerprint density at radius 1 is 1.42 bits per heavy atom. The van der Waals surface area contributed by atoms with Crippen LogP contribution in [-0.2, 0) is 11.2 Å². The van der Waals surface area contributed by atoms with Gasteiger partial charge >= 0.3 is 0 Å². The van der Waals surface area contributed by atoms with E-state index >= 15 is 0 Å². The van der Waals surface area contributed by atoms with E-state index in [1.807, 2.05) is 0 Å². The molecule has 1 aliphatic heterocycles. The van der Waals surface area contributed by atoms with Crippen LogP contribution < -0.4 is 0 Å². The molecule has 1 aromatic rings. The molecule has 0 amide bonds. The molecule has 12 heavy (non-hydrogen) atoms. The first kappa shape index (κ1) is 7.43. The molecule has 0 radical (unpaired) electrons. The van der Waals surface area contributed by atoms with E-state index < -0.39 is 0 Å². The molecule has 0 aromatic carbocycles. The van der Waals surface area contributed by atoms with Crippen LogP contribution in [0.4, 0.5) is 5.69 Å². The second-order valence-electron chi connectivity index (χ2n) is 2.50. The molecule has 0 atom stereocenters. The smallest absolute Gasteiger partial charge is 0.179 e. The summed E-state index contributed by atoms with van der Waals surface area (Å²) in [4.78, 5) is 18.8. The highest BCUT2D eigenvalue weighted by atomic mass is 35.5. The zero-order chi connectivity index (χ0) is 8.55. The van der Waals surface area contributed by atoms with Gasteiger partial charge in [-0.3, -0.25) is 9.79 Å². The second kappa shape index (κ2) is 2.68. The third-order valence-corrected chi connectivity index (χ3v) is 1.82. The molecule has 2 heterocycles. The van der Waals surface area contributed by atoms with E-state index in [1.165, 1.54) is 6.21 Å². The summed E-state index contributed by atoms with van der Waals surface area (Å²) >= 11 is 5.65. The summed E-state index contributed by atoms with van der Waals surface area (Å²) in [5.74, 6) is -0.0303. The van der Waals surface area contributed by atoms with Crippen LogP contribution >= 0.6 is 11.6 Å². The summed E-state index contributed by atoms with van der Waals surface area (Å²) in [6, 6.07) is 3.42. The highest BCUT2D eigenvalue weighted by molar-refractivity contribution is 6.31. The maximum Gasteiger partial charge on any atom is 0.179 e. The largest absolute Gasteiger partial charge is 0.293 e. The van der Waals surface area contributed by atoms with Crippen LogP contribution in [0.1, 0.15) is 5.69 Å². The number of hydrogen-bond acceptors (Lipinski definition) is 3. The minimum atomic E-state index is -0.0303. The van der Waals surface area contributed by atoms with Crippen LogP contribution in [0.3, 0.4) is 0 Å². The number of carbonyl (C=O) groups excluding carboxylic acids is 1. The van der Waals surface area contributed by atoms with Crippen molar-refractivity contribution in [3.8, 4) is 0 Å². The Morgan fingerprint density at radius 2 is 2.25 bits per heavy atom. The van der Waals surface area contributed by atoms with Crippen molar-refractivity contribution in [1.29, 1.82) is 0 Å². The number of aromatic nitrogens is 1. The van der Waals surface area contributed by atoms with Crippen LogP contribution in [0.2, 0.25) is 5.15 Å². The molecule has 60 valence electrons. The van der Waals surface area contributed by atoms with Crippen LogP contribution in [0.5, 0.6) is 0 Å². The molecular weight excluding hydrogens is 176 g/mol. The van der Waals surface area contributed by atoms with Crippen LogP contribution in [0.15, 0.2) is 17.1 Å². The molecule has 0 saturated heterocycles. The number of nitrogens with zero attached hydrogens (tertiary/aromatic N) is 2. The first-order chi connectivity index (χ1) is 5.75. The van der Waals surface area contributed by atoms with Gasteiger partial charge in [0.1, 0.15) is 5.15 Å². The standard InChI is InChI=1S/C8H5ClN2O/c9-8-2-1-6-7(11-8)3-5(12)4-10-6/h1-2,4H,3H2. The van der Waals surface area contributed by atoms with Crippen molar-refractivity contribution in [1.82, 2.24) is 4.98 Å². The maximum absolute atomic E-state index is 10.9. The molecule has 0 bridgehead atoms. The van der Waals surface area contributed by atoms with E-state index in [1.54, 1.807) is 12.1 Å². The zero-order valence-corrected chi connectivity index (χ0v) is 6.88. The maximum atomic E-state index is 10.9. The van der Waals surface area contributed by atoms with Crippen molar-refractivity contribution in [2.24, 2.45) is 4.99 Å². The lowest BCUT2D eigenvalue weighted by molar-refractivity contribution is -0.112. The SMILES string of the molecule is O=C1C=Nc2ccc(Cl)nc2C1. The van der Waals surface area contributed by atoms with Crippen molar-refractivity contribution in [2.75, 3.05) is 0 Å². The van der Waals surface area contributed by atoms with Gasteiger partial charge < -0.3 is 0 Å². The molecule has 3 nitrogen and oxygen atoms in total. The zero-order valence-electron chi connectivity index (χ0n) is 6.12. The molecule has 4 heteroatoms. The average Bonchev–Trinajstić information content (AvgIpc) is 2.03. The number of ketones is 1. The molecule has 0 fully saturated rings. The van der Waals surface area contributed by atoms with Crippen LogP contribution in [-0.4, -0.2) is 17.0 Å². The third-order valence-electron chi connectivity index (χ3n) is 1.61. The van der Waals surface area contributed by atoms with Gasteiger partial charge in [-0.15, -0.1) is 0 Å². The molecule has 0 aliphatic carbocycles. The Morgan fingerprint density at radius 3 is 3.08 bits per heavy atom. The Balaban J connectivity index is 2.54. The van der Waals surface area contributed by atoms with Crippen molar-refractivity contribution < 1.29 is 4.79 Å². The topological polar surface area (TPSA) is 42.3 Å². The second-order valence-corrected chi connectivity index (χ2v) is 2.89. The molecular formula is C8H5ClN2O. The number of rotatable bonds is 0. The summed E-state index contributed by atoms with van der Waals surface area (Å²) < 4.78 is 0. The summed E-state index contributed by atoms with van der Waals surface area (Å²) in [5.41, 5.74) is 1.40. The lowest BCUT2D eigenvalue weighted by atomic mass is 10.1. The first-order valence-electron chi connectivity index (χ1n) is 3.48. The minimum absolute atomic E-state index is 0.0303. The Labute approximate surface area is 74.1 Å². The summed E-state index contributed by atoms with van der Waals surface area (Å²) in [6.45, 7) is 0. The summed E-state index contributed by atoms with van der Waals surface area (Å²) in [5, 5.41) is 0.402. The molecule has 0 spiro atoms. The van der Waals surface area contributed by atoms with Crippen molar-refractivity contribution >= 4 is 29.3 Å². The van der Waals surface area contributed by atoms with Gasteiger partial charge in [0.2, 0.25) is 0 Å². The van der Waals surface area contributed by atoms with E-state index in [2.05, 4.69) is 9.98 Å². The van der Waals surface area contributed by atoms with Crippen LogP contribution in [0.25, 0.3) is 0 Å². The Kier molecular flexibility index (Phi) is 1.66. The first-order valence-corrected chi connectivity index (χ1v) is 3.86. The summed E-state index contributed by atoms with van der Waals surface area (Å²) in [6.07, 6.45) is 1.62. The number of fused-ring (bicyclic) bond motifs is 1. The van der Waals surface area contributed by atoms with Gasteiger partial charge in [-0.05, 0) is 12.1 Å². The van der Waals surface area contributed by atoms with Gasteiger partial charge in [-0.25, -0.2) is 4.98 Å². The van der Waals surface area contributed by atoms with Crippen LogP contribution in [0, 0.1) is 0 Å². The van der Waals surface area contributed by atoms with Gasteiger partial charge in [-0.2, -0.15) is 0 Å². The van der Waals surface area contributed by atoms with E-state index in [0.717, 1.165) is 5.69 Å². The summed E-state index contributed by atoms with van der Waals surface area (Å²) in [7, 11) is 0. The molecule has 0 N–H and O–H groups in total. The molecule has 1 aromatic heterocycles. The number of carbonyl (C=O) groups is 1. The number of aliphatic imine (C=N–C) groups is 1. The number of pyridine rings is 1. The fourth-order valence-electron chi connectivity index (χ4n) is 1.07. The highest BCUT2D eigenvalue weighted by Crippen LogP contribution is 2.22. The van der Waals surface area contributed by atoms with Gasteiger partial charge in [-0.1, -0.05) is 11.6 Å². The van der Waals surface area contributed by atoms with Gasteiger partial charge in [0.05, 0.1) is 24.0 Å². The number of halogens is 1. The monoisotopic (exact) mass is 180 g/mol. The number of Topliss-reactive ketones (excluding diaryl/α,β-unsaturated/α-hetero) is 1. The Hall–Kier alpha value is -1.22. The molecule has 0 saturated carbocycles. The average molecular weight is 181 g/mol. The van der Waals surface area contributed by atoms with Gasteiger partial charge in [0.15, 0.2) is 5.78 Å². The van der Waals surface area contributed by atoms with E-state index in [4.69, 9.17) is 11.6 Å². The normalized spacial score (nSPS) is 14.6. The lowest BCUT2D eigenvalue weighted by Gasteiger charge is -2.06. The third kappa shape index (κ3) is 1.23. The van der Waals surface area contributed by atoms with Crippen molar-refractivity contribution in [2.45, 2.75) is 6.42 Å². The predicted molar refractivity (Wildman–Crippen MR) is 46.1 cm³/mol. The molecule has 2 rings (SSSR count). The van der Waals surface area contributed by atoms with E-state index in [-0.39, 0.29) is 5.78 Å². The van der Waals surface area contributed by atoms with Crippen molar-refractivity contribution in [3.05, 3.63) is 23.0 Å². The molecule has 0 unspecified atom stereocenters. The van der Waals surface area contributed by atoms with E-state index in [9.17, 15) is 4.79 Å². The van der Waals surface area contributed by atoms with Gasteiger partial charge in [0.25, 0.3) is 0 Å². The molecule has 1 aliphatic rings. The minimum Gasteiger partial charge on any atom is -0.293 e. The highest BCUT2D eigenvalue weighted by Gasteiger charge is 2.12. The quantitative estimate of drug-likeness (QED) is 0.569. The fraction of sp³-hybridized carbons (Fsp3) is 0.125. The number of hydrogen-bond donors (Lipinski definition) is 0. The Bertz CT molecular complexity index is 373.